The molecule has 1 aromatic rings. The average molecular weight is 501 g/mol. The van der Waals surface area contributed by atoms with Crippen LogP contribution in [0, 0.1) is 0 Å². The predicted octanol–water partition coefficient (Wildman–Crippen LogP) is 2.80. The molecule has 1 fully saturated rings. The highest BCUT2D eigenvalue weighted by atomic mass is 127. The summed E-state index contributed by atoms with van der Waals surface area (Å²) in [6.07, 6.45) is 1.55. The number of thiophene rings is 1. The summed E-state index contributed by atoms with van der Waals surface area (Å²) < 4.78 is 1.13. The summed E-state index contributed by atoms with van der Waals surface area (Å²) in [5.74, 6) is 1.01. The Kier molecular flexibility index (Phi) is 8.70. The fraction of sp³-hybridized carbons (Fsp3) is 0.571. The molecule has 0 bridgehead atoms. The van der Waals surface area contributed by atoms with Crippen LogP contribution in [0.25, 0.3) is 0 Å². The van der Waals surface area contributed by atoms with E-state index in [1.165, 1.54) is 4.88 Å². The van der Waals surface area contributed by atoms with Gasteiger partial charge < -0.3 is 15.5 Å². The maximum atomic E-state index is 11.7. The zero-order valence-corrected chi connectivity index (χ0v) is 17.5. The number of halogens is 2. The van der Waals surface area contributed by atoms with Crippen LogP contribution >= 0.6 is 51.2 Å². The zero-order chi connectivity index (χ0) is 15.2. The van der Waals surface area contributed by atoms with Gasteiger partial charge in [0, 0.05) is 37.5 Å². The highest BCUT2D eigenvalue weighted by molar-refractivity contribution is 14.0. The van der Waals surface area contributed by atoms with E-state index < -0.39 is 0 Å². The molecular formula is C14H22BrIN4OS. The van der Waals surface area contributed by atoms with Gasteiger partial charge in [-0.1, -0.05) is 6.92 Å². The van der Waals surface area contributed by atoms with Gasteiger partial charge in [0.05, 0.1) is 10.3 Å². The number of rotatable bonds is 4. The number of hydrogen-bond acceptors (Lipinski definition) is 3. The van der Waals surface area contributed by atoms with Crippen molar-refractivity contribution in [3.63, 3.8) is 0 Å². The van der Waals surface area contributed by atoms with Gasteiger partial charge in [0.25, 0.3) is 0 Å². The number of likely N-dealkylation sites (tertiary alicyclic amines) is 1. The lowest BCUT2D eigenvalue weighted by Crippen LogP contribution is -2.44. The van der Waals surface area contributed by atoms with Gasteiger partial charge in [0.2, 0.25) is 5.91 Å². The van der Waals surface area contributed by atoms with Crippen LogP contribution in [0.4, 0.5) is 0 Å². The van der Waals surface area contributed by atoms with Crippen LogP contribution in [0.15, 0.2) is 20.9 Å². The Bertz CT molecular complexity index is 523. The minimum Gasteiger partial charge on any atom is -0.352 e. The van der Waals surface area contributed by atoms with Crippen molar-refractivity contribution >= 4 is 63.1 Å². The van der Waals surface area contributed by atoms with Crippen LogP contribution in [0.5, 0.6) is 0 Å². The van der Waals surface area contributed by atoms with Gasteiger partial charge in [-0.15, -0.1) is 35.3 Å². The molecule has 2 N–H and O–H groups in total. The summed E-state index contributed by atoms with van der Waals surface area (Å²) in [5.41, 5.74) is 0. The second kappa shape index (κ2) is 9.71. The van der Waals surface area contributed by atoms with Crippen molar-refractivity contribution in [2.24, 2.45) is 4.99 Å². The first kappa shape index (κ1) is 19.7. The maximum Gasteiger partial charge on any atom is 0.222 e. The number of nitrogens with zero attached hydrogens (tertiary/aromatic N) is 2. The van der Waals surface area contributed by atoms with Crippen molar-refractivity contribution in [1.29, 1.82) is 0 Å². The smallest absolute Gasteiger partial charge is 0.222 e. The van der Waals surface area contributed by atoms with Gasteiger partial charge in [-0.05, 0) is 34.5 Å². The molecule has 8 heteroatoms. The lowest BCUT2D eigenvalue weighted by molar-refractivity contribution is -0.129. The quantitative estimate of drug-likeness (QED) is 0.379. The van der Waals surface area contributed by atoms with E-state index in [1.807, 2.05) is 17.9 Å². The van der Waals surface area contributed by atoms with Crippen LogP contribution in [-0.2, 0) is 11.3 Å². The van der Waals surface area contributed by atoms with Crippen molar-refractivity contribution in [2.45, 2.75) is 32.4 Å². The first-order valence-electron chi connectivity index (χ1n) is 7.11. The first-order chi connectivity index (χ1) is 10.1. The molecular weight excluding hydrogens is 479 g/mol. The number of nitrogens with one attached hydrogen (secondary N) is 2. The Morgan fingerprint density at radius 2 is 2.32 bits per heavy atom. The standard InChI is InChI=1S/C14H21BrN4OS.HI/c1-3-13(20)19-7-6-10(9-19)18-14(16-2)17-8-11-4-5-12(15)21-11;/h4-5,10H,3,6-9H2,1-2H3,(H2,16,17,18);1H. The molecule has 0 radical (unpaired) electrons. The second-order valence-electron chi connectivity index (χ2n) is 4.95. The molecule has 1 aliphatic heterocycles. The number of aliphatic imine (C=N–C) groups is 1. The van der Waals surface area contributed by atoms with Crippen LogP contribution in [0.3, 0.4) is 0 Å². The summed E-state index contributed by atoms with van der Waals surface area (Å²) in [7, 11) is 1.77. The fourth-order valence-corrected chi connectivity index (χ4v) is 3.76. The molecule has 1 aromatic heterocycles. The SMILES string of the molecule is CCC(=O)N1CCC(NC(=NC)NCc2ccc(Br)s2)C1.I. The van der Waals surface area contributed by atoms with E-state index in [1.54, 1.807) is 18.4 Å². The molecule has 2 rings (SSSR count). The Balaban J connectivity index is 0.00000242. The highest BCUT2D eigenvalue weighted by Crippen LogP contribution is 2.21. The molecule has 0 aliphatic carbocycles. The summed E-state index contributed by atoms with van der Waals surface area (Å²) in [6, 6.07) is 4.41. The summed E-state index contributed by atoms with van der Waals surface area (Å²) >= 11 is 5.17. The van der Waals surface area contributed by atoms with Gasteiger partial charge in [-0.3, -0.25) is 9.79 Å². The third-order valence-corrected chi connectivity index (χ3v) is 5.09. The Hall–Kier alpha value is -0.350. The van der Waals surface area contributed by atoms with Crippen LogP contribution in [0.1, 0.15) is 24.6 Å². The number of carbonyl (C=O) groups is 1. The topological polar surface area (TPSA) is 56.7 Å². The largest absolute Gasteiger partial charge is 0.352 e. The number of guanidine groups is 1. The molecule has 1 amide bonds. The Morgan fingerprint density at radius 1 is 1.55 bits per heavy atom. The van der Waals surface area contributed by atoms with E-state index in [-0.39, 0.29) is 35.9 Å². The minimum absolute atomic E-state index is 0. The first-order valence-corrected chi connectivity index (χ1v) is 8.72. The molecule has 5 nitrogen and oxygen atoms in total. The van der Waals surface area contributed by atoms with Gasteiger partial charge in [0.15, 0.2) is 5.96 Å². The minimum atomic E-state index is 0. The molecule has 0 spiro atoms. The molecule has 0 aromatic carbocycles. The molecule has 1 atom stereocenters. The molecule has 2 heterocycles. The summed E-state index contributed by atoms with van der Waals surface area (Å²) in [5, 5.41) is 6.70. The zero-order valence-electron chi connectivity index (χ0n) is 12.8. The van der Waals surface area contributed by atoms with Crippen molar-refractivity contribution in [3.05, 3.63) is 20.8 Å². The van der Waals surface area contributed by atoms with Gasteiger partial charge in [0.1, 0.15) is 0 Å². The molecule has 1 aliphatic rings. The third-order valence-electron chi connectivity index (χ3n) is 3.47. The average Bonchev–Trinajstić information content (AvgIpc) is 3.11. The van der Waals surface area contributed by atoms with Gasteiger partial charge >= 0.3 is 0 Å². The Labute approximate surface area is 161 Å². The molecule has 1 unspecified atom stereocenters. The van der Waals surface area contributed by atoms with Crippen LogP contribution < -0.4 is 10.6 Å². The van der Waals surface area contributed by atoms with E-state index in [2.05, 4.69) is 37.6 Å². The van der Waals surface area contributed by atoms with E-state index in [9.17, 15) is 4.79 Å². The van der Waals surface area contributed by atoms with Crippen LogP contribution in [0.2, 0.25) is 0 Å². The highest BCUT2D eigenvalue weighted by Gasteiger charge is 2.25. The van der Waals surface area contributed by atoms with E-state index in [4.69, 9.17) is 0 Å². The number of carbonyl (C=O) groups excluding carboxylic acids is 1. The summed E-state index contributed by atoms with van der Waals surface area (Å²) in [4.78, 5) is 19.1. The molecule has 124 valence electrons. The fourth-order valence-electron chi connectivity index (χ4n) is 2.33. The van der Waals surface area contributed by atoms with Crippen molar-refractivity contribution in [2.75, 3.05) is 20.1 Å². The molecule has 22 heavy (non-hydrogen) atoms. The summed E-state index contributed by atoms with van der Waals surface area (Å²) in [6.45, 7) is 4.25. The normalized spacial score (nSPS) is 18.0. The number of amides is 1. The monoisotopic (exact) mass is 500 g/mol. The Morgan fingerprint density at radius 3 is 2.91 bits per heavy atom. The molecule has 1 saturated heterocycles. The van der Waals surface area contributed by atoms with Crippen molar-refractivity contribution < 1.29 is 4.79 Å². The van der Waals surface area contributed by atoms with E-state index in [0.29, 0.717) is 6.42 Å². The van der Waals surface area contributed by atoms with Crippen LogP contribution in [-0.4, -0.2) is 42.9 Å². The van der Waals surface area contributed by atoms with Crippen molar-refractivity contribution in [3.8, 4) is 0 Å². The van der Waals surface area contributed by atoms with E-state index in [0.717, 1.165) is 35.8 Å². The second-order valence-corrected chi connectivity index (χ2v) is 7.50. The lowest BCUT2D eigenvalue weighted by Gasteiger charge is -2.18. The maximum absolute atomic E-state index is 11.7. The van der Waals surface area contributed by atoms with Gasteiger partial charge in [-0.2, -0.15) is 0 Å². The number of hydrogen-bond donors (Lipinski definition) is 2. The van der Waals surface area contributed by atoms with Gasteiger partial charge in [-0.25, -0.2) is 0 Å². The van der Waals surface area contributed by atoms with Crippen molar-refractivity contribution in [1.82, 2.24) is 15.5 Å². The molecule has 0 saturated carbocycles. The predicted molar refractivity (Wildman–Crippen MR) is 106 cm³/mol. The van der Waals surface area contributed by atoms with E-state index >= 15 is 0 Å². The third kappa shape index (κ3) is 5.69. The lowest BCUT2D eigenvalue weighted by atomic mass is 10.3.